The van der Waals surface area contributed by atoms with Crippen molar-refractivity contribution in [3.63, 3.8) is 0 Å². The topological polar surface area (TPSA) is 59.2 Å². The minimum Gasteiger partial charge on any atom is -0.320 e. The number of carbonyl (C=O) groups is 1. The van der Waals surface area contributed by atoms with Crippen molar-refractivity contribution in [2.24, 2.45) is 5.73 Å². The molecule has 0 fully saturated rings. The summed E-state index contributed by atoms with van der Waals surface area (Å²) in [6, 6.07) is 11.2. The van der Waals surface area contributed by atoms with Gasteiger partial charge in [-0.05, 0) is 36.8 Å². The van der Waals surface area contributed by atoms with Gasteiger partial charge in [0, 0.05) is 24.5 Å². The fourth-order valence-corrected chi connectivity index (χ4v) is 1.87. The Bertz CT molecular complexity index is 696. The fraction of sp³-hybridized carbons (Fsp3) is 0.176. The zero-order valence-electron chi connectivity index (χ0n) is 12.1. The molecule has 1 amide bonds. The van der Waals surface area contributed by atoms with Crippen LogP contribution in [-0.4, -0.2) is 24.5 Å². The molecule has 1 aromatic carbocycles. The van der Waals surface area contributed by atoms with Crippen LogP contribution in [0.15, 0.2) is 42.6 Å². The summed E-state index contributed by atoms with van der Waals surface area (Å²) >= 11 is 0. The maximum atomic E-state index is 12.4. The van der Waals surface area contributed by atoms with Gasteiger partial charge in [-0.15, -0.1) is 0 Å². The predicted molar refractivity (Wildman–Crippen MR) is 84.1 cm³/mol. The molecule has 1 heterocycles. The highest BCUT2D eigenvalue weighted by Crippen LogP contribution is 2.16. The third-order valence-electron chi connectivity index (χ3n) is 3.01. The quantitative estimate of drug-likeness (QED) is 0.855. The molecule has 0 radical (unpaired) electrons. The van der Waals surface area contributed by atoms with E-state index in [0.29, 0.717) is 12.2 Å². The fourth-order valence-electron chi connectivity index (χ4n) is 1.87. The summed E-state index contributed by atoms with van der Waals surface area (Å²) in [4.78, 5) is 18.1. The molecule has 0 bridgehead atoms. The molecule has 0 aliphatic rings. The zero-order valence-corrected chi connectivity index (χ0v) is 12.1. The average molecular weight is 279 g/mol. The molecule has 4 heteroatoms. The summed E-state index contributed by atoms with van der Waals surface area (Å²) in [7, 11) is 1.74. The molecule has 0 aliphatic heterocycles. The predicted octanol–water partition coefficient (Wildman–Crippen LogP) is 1.98. The summed E-state index contributed by atoms with van der Waals surface area (Å²) < 4.78 is 0. The highest BCUT2D eigenvalue weighted by atomic mass is 16.2. The van der Waals surface area contributed by atoms with E-state index in [1.807, 2.05) is 31.2 Å². The Kier molecular flexibility index (Phi) is 4.70. The minimum atomic E-state index is -0.154. The normalized spacial score (nSPS) is 9.67. The Morgan fingerprint density at radius 2 is 2.14 bits per heavy atom. The van der Waals surface area contributed by atoms with Gasteiger partial charge in [-0.3, -0.25) is 4.79 Å². The van der Waals surface area contributed by atoms with Crippen molar-refractivity contribution >= 4 is 11.6 Å². The van der Waals surface area contributed by atoms with Crippen LogP contribution in [0.1, 0.15) is 21.6 Å². The van der Waals surface area contributed by atoms with Gasteiger partial charge in [0.25, 0.3) is 5.91 Å². The number of nitrogens with zero attached hydrogens (tertiary/aromatic N) is 2. The third kappa shape index (κ3) is 3.68. The van der Waals surface area contributed by atoms with E-state index in [-0.39, 0.29) is 5.91 Å². The lowest BCUT2D eigenvalue weighted by Crippen LogP contribution is -2.27. The van der Waals surface area contributed by atoms with Crippen LogP contribution in [0.25, 0.3) is 0 Å². The molecule has 0 spiro atoms. The van der Waals surface area contributed by atoms with Crippen LogP contribution in [0.3, 0.4) is 0 Å². The molecule has 2 aromatic rings. The smallest absolute Gasteiger partial charge is 0.276 e. The number of nitrogens with two attached hydrogens (primary N) is 1. The molecule has 0 unspecified atom stereocenters. The lowest BCUT2D eigenvalue weighted by molar-refractivity contribution is 0.0988. The lowest BCUT2D eigenvalue weighted by atomic mass is 10.2. The molecule has 0 saturated heterocycles. The SMILES string of the molecule is Cc1cccc(N(C)C(=O)c2ccc(C#CCN)cn2)c1. The Morgan fingerprint density at radius 1 is 1.33 bits per heavy atom. The van der Waals surface area contributed by atoms with E-state index in [0.717, 1.165) is 16.8 Å². The number of aryl methyl sites for hydroxylation is 1. The molecular formula is C17H17N3O. The number of aromatic nitrogens is 1. The number of pyridine rings is 1. The molecule has 21 heavy (non-hydrogen) atoms. The number of benzene rings is 1. The first-order chi connectivity index (χ1) is 10.1. The van der Waals surface area contributed by atoms with Crippen LogP contribution >= 0.6 is 0 Å². The van der Waals surface area contributed by atoms with E-state index in [9.17, 15) is 4.79 Å². The largest absolute Gasteiger partial charge is 0.320 e. The zero-order chi connectivity index (χ0) is 15.2. The van der Waals surface area contributed by atoms with Gasteiger partial charge in [-0.25, -0.2) is 4.98 Å². The number of carbonyl (C=O) groups excluding carboxylic acids is 1. The maximum absolute atomic E-state index is 12.4. The van der Waals surface area contributed by atoms with Gasteiger partial charge < -0.3 is 10.6 Å². The van der Waals surface area contributed by atoms with Crippen molar-refractivity contribution in [3.8, 4) is 11.8 Å². The molecule has 0 aliphatic carbocycles. The number of anilines is 1. The van der Waals surface area contributed by atoms with E-state index in [4.69, 9.17) is 5.73 Å². The Morgan fingerprint density at radius 3 is 2.76 bits per heavy atom. The van der Waals surface area contributed by atoms with Crippen molar-refractivity contribution in [2.45, 2.75) is 6.92 Å². The van der Waals surface area contributed by atoms with Crippen molar-refractivity contribution in [1.82, 2.24) is 4.98 Å². The summed E-state index contributed by atoms with van der Waals surface area (Å²) in [6.07, 6.45) is 1.58. The van der Waals surface area contributed by atoms with Crippen LogP contribution in [0.2, 0.25) is 0 Å². The highest BCUT2D eigenvalue weighted by molar-refractivity contribution is 6.04. The second kappa shape index (κ2) is 6.69. The Labute approximate surface area is 124 Å². The van der Waals surface area contributed by atoms with E-state index in [1.165, 1.54) is 0 Å². The highest BCUT2D eigenvalue weighted by Gasteiger charge is 2.14. The number of amides is 1. The molecule has 2 N–H and O–H groups in total. The van der Waals surface area contributed by atoms with Crippen LogP contribution in [0.4, 0.5) is 5.69 Å². The molecule has 2 rings (SSSR count). The molecule has 106 valence electrons. The van der Waals surface area contributed by atoms with Crippen LogP contribution in [0.5, 0.6) is 0 Å². The molecule has 0 atom stereocenters. The van der Waals surface area contributed by atoms with Gasteiger partial charge in [0.2, 0.25) is 0 Å². The first kappa shape index (κ1) is 14.8. The summed E-state index contributed by atoms with van der Waals surface area (Å²) in [5.74, 6) is 5.47. The summed E-state index contributed by atoms with van der Waals surface area (Å²) in [5, 5.41) is 0. The molecular weight excluding hydrogens is 262 g/mol. The van der Waals surface area contributed by atoms with Crippen molar-refractivity contribution in [2.75, 3.05) is 18.5 Å². The van der Waals surface area contributed by atoms with Gasteiger partial charge in [0.15, 0.2) is 0 Å². The van der Waals surface area contributed by atoms with Crippen LogP contribution in [-0.2, 0) is 0 Å². The van der Waals surface area contributed by atoms with Crippen molar-refractivity contribution in [1.29, 1.82) is 0 Å². The maximum Gasteiger partial charge on any atom is 0.276 e. The Balaban J connectivity index is 2.19. The summed E-state index contributed by atoms with van der Waals surface area (Å²) in [5.41, 5.74) is 8.39. The monoisotopic (exact) mass is 279 g/mol. The van der Waals surface area contributed by atoms with E-state index >= 15 is 0 Å². The van der Waals surface area contributed by atoms with Crippen LogP contribution in [0, 0.1) is 18.8 Å². The molecule has 1 aromatic heterocycles. The van der Waals surface area contributed by atoms with E-state index < -0.39 is 0 Å². The minimum absolute atomic E-state index is 0.154. The van der Waals surface area contributed by atoms with E-state index in [1.54, 1.807) is 30.3 Å². The van der Waals surface area contributed by atoms with Gasteiger partial charge in [-0.1, -0.05) is 24.0 Å². The molecule has 0 saturated carbocycles. The number of hydrogen-bond acceptors (Lipinski definition) is 3. The van der Waals surface area contributed by atoms with Gasteiger partial charge in [0.05, 0.1) is 6.54 Å². The molecule has 4 nitrogen and oxygen atoms in total. The van der Waals surface area contributed by atoms with Crippen molar-refractivity contribution in [3.05, 3.63) is 59.4 Å². The summed E-state index contributed by atoms with van der Waals surface area (Å²) in [6.45, 7) is 2.29. The number of hydrogen-bond donors (Lipinski definition) is 1. The first-order valence-electron chi connectivity index (χ1n) is 6.61. The standard InChI is InChI=1S/C17H17N3O/c1-13-5-3-7-15(11-13)20(2)17(21)16-9-8-14(12-19-16)6-4-10-18/h3,5,7-9,11-12H,10,18H2,1-2H3. The van der Waals surface area contributed by atoms with Crippen molar-refractivity contribution < 1.29 is 4.79 Å². The van der Waals surface area contributed by atoms with Gasteiger partial charge >= 0.3 is 0 Å². The average Bonchev–Trinajstić information content (AvgIpc) is 2.52. The first-order valence-corrected chi connectivity index (χ1v) is 6.61. The number of rotatable bonds is 2. The van der Waals surface area contributed by atoms with E-state index in [2.05, 4.69) is 16.8 Å². The third-order valence-corrected chi connectivity index (χ3v) is 3.01. The van der Waals surface area contributed by atoms with Gasteiger partial charge in [0.1, 0.15) is 5.69 Å². The van der Waals surface area contributed by atoms with Gasteiger partial charge in [-0.2, -0.15) is 0 Å². The van der Waals surface area contributed by atoms with Crippen LogP contribution < -0.4 is 10.6 Å². The second-order valence-electron chi connectivity index (χ2n) is 4.64. The Hall–Kier alpha value is -2.64. The second-order valence-corrected chi connectivity index (χ2v) is 4.64. The lowest BCUT2D eigenvalue weighted by Gasteiger charge is -2.17.